The molecule has 5 rings (SSSR count). The summed E-state index contributed by atoms with van der Waals surface area (Å²) in [7, 11) is 0. The monoisotopic (exact) mass is 423 g/mol. The lowest BCUT2D eigenvalue weighted by molar-refractivity contribution is 0.377. The molecule has 0 bridgehead atoms. The maximum absolute atomic E-state index is 12.7. The molecule has 1 aliphatic heterocycles. The lowest BCUT2D eigenvalue weighted by Gasteiger charge is -2.31. The van der Waals surface area contributed by atoms with E-state index >= 15 is 0 Å². The van der Waals surface area contributed by atoms with Crippen LogP contribution < -0.4 is 10.9 Å². The predicted octanol–water partition coefficient (Wildman–Crippen LogP) is 4.46. The van der Waals surface area contributed by atoms with Gasteiger partial charge in [-0.15, -0.1) is 0 Å². The fraction of sp³-hybridized carbons (Fsp3) is 0.192. The molecule has 6 heteroatoms. The van der Waals surface area contributed by atoms with Crippen molar-refractivity contribution in [1.82, 2.24) is 19.6 Å². The maximum Gasteiger partial charge on any atom is 0.271 e. The largest absolute Gasteiger partial charge is 0.369 e. The summed E-state index contributed by atoms with van der Waals surface area (Å²) in [6.45, 7) is 13.7. The SMILES string of the molecule is [CH2]C1([CH2])CNc2c(-c3ccc(=O)n(-c4ccccc4C)n3)c(-c3cccc(C)c3)nn2C1. The molecule has 3 heterocycles. The lowest BCUT2D eigenvalue weighted by atomic mass is 9.92. The summed E-state index contributed by atoms with van der Waals surface area (Å²) in [6.07, 6.45) is 0. The van der Waals surface area contributed by atoms with Crippen molar-refractivity contribution in [2.45, 2.75) is 20.4 Å². The molecule has 0 amide bonds. The van der Waals surface area contributed by atoms with E-state index in [1.54, 1.807) is 12.1 Å². The molecule has 32 heavy (non-hydrogen) atoms. The van der Waals surface area contributed by atoms with E-state index in [2.05, 4.69) is 38.2 Å². The topological polar surface area (TPSA) is 64.7 Å². The minimum Gasteiger partial charge on any atom is -0.369 e. The van der Waals surface area contributed by atoms with Gasteiger partial charge in [-0.25, -0.2) is 4.68 Å². The number of fused-ring (bicyclic) bond motifs is 1. The molecule has 2 aromatic heterocycles. The zero-order chi connectivity index (χ0) is 22.5. The van der Waals surface area contributed by atoms with Crippen molar-refractivity contribution in [3.8, 4) is 28.2 Å². The van der Waals surface area contributed by atoms with Gasteiger partial charge in [0.25, 0.3) is 5.56 Å². The van der Waals surface area contributed by atoms with E-state index in [1.807, 2.05) is 48.0 Å². The molecule has 6 nitrogen and oxygen atoms in total. The van der Waals surface area contributed by atoms with Crippen molar-refractivity contribution >= 4 is 5.82 Å². The Morgan fingerprint density at radius 3 is 2.59 bits per heavy atom. The van der Waals surface area contributed by atoms with Crippen LogP contribution in [0.5, 0.6) is 0 Å². The van der Waals surface area contributed by atoms with Crippen LogP contribution in [0.1, 0.15) is 11.1 Å². The molecule has 0 saturated carbocycles. The maximum atomic E-state index is 12.7. The second kappa shape index (κ2) is 7.48. The fourth-order valence-corrected chi connectivity index (χ4v) is 4.16. The first kappa shape index (κ1) is 20.2. The highest BCUT2D eigenvalue weighted by Crippen LogP contribution is 2.40. The van der Waals surface area contributed by atoms with E-state index in [4.69, 9.17) is 10.2 Å². The van der Waals surface area contributed by atoms with E-state index in [0.29, 0.717) is 18.8 Å². The van der Waals surface area contributed by atoms with E-state index in [0.717, 1.165) is 39.5 Å². The third-order valence-corrected chi connectivity index (χ3v) is 5.76. The molecule has 0 fully saturated rings. The summed E-state index contributed by atoms with van der Waals surface area (Å²) in [5, 5.41) is 13.2. The predicted molar refractivity (Wildman–Crippen MR) is 128 cm³/mol. The van der Waals surface area contributed by atoms with Crippen LogP contribution in [0.4, 0.5) is 5.82 Å². The van der Waals surface area contributed by atoms with Crippen LogP contribution in [0.3, 0.4) is 0 Å². The van der Waals surface area contributed by atoms with Gasteiger partial charge < -0.3 is 5.32 Å². The normalized spacial score (nSPS) is 14.6. The van der Waals surface area contributed by atoms with Crippen molar-refractivity contribution in [3.05, 3.63) is 96.0 Å². The summed E-state index contributed by atoms with van der Waals surface area (Å²) < 4.78 is 3.38. The van der Waals surface area contributed by atoms with Gasteiger partial charge in [0, 0.05) is 23.6 Å². The molecule has 0 aliphatic carbocycles. The van der Waals surface area contributed by atoms with Crippen molar-refractivity contribution in [2.75, 3.05) is 11.9 Å². The van der Waals surface area contributed by atoms with Gasteiger partial charge in [-0.3, -0.25) is 4.79 Å². The van der Waals surface area contributed by atoms with Gasteiger partial charge in [-0.05, 0) is 51.5 Å². The quantitative estimate of drug-likeness (QED) is 0.528. The molecule has 1 N–H and O–H groups in total. The Morgan fingerprint density at radius 1 is 1.00 bits per heavy atom. The first-order chi connectivity index (χ1) is 15.3. The average Bonchev–Trinajstić information content (AvgIpc) is 3.12. The highest BCUT2D eigenvalue weighted by atomic mass is 16.1. The molecule has 0 saturated heterocycles. The molecule has 0 atom stereocenters. The van der Waals surface area contributed by atoms with Crippen LogP contribution in [-0.4, -0.2) is 26.1 Å². The van der Waals surface area contributed by atoms with Crippen LogP contribution in [0.25, 0.3) is 28.2 Å². The summed E-state index contributed by atoms with van der Waals surface area (Å²) in [4.78, 5) is 12.7. The van der Waals surface area contributed by atoms with Gasteiger partial charge in [0.1, 0.15) is 11.5 Å². The Balaban J connectivity index is 1.75. The number of nitrogens with zero attached hydrogens (tertiary/aromatic N) is 4. The number of para-hydroxylation sites is 1. The molecular formula is C26H25N5O. The number of aromatic nitrogens is 4. The Kier molecular flexibility index (Phi) is 4.73. The number of hydrogen-bond donors (Lipinski definition) is 1. The molecule has 160 valence electrons. The van der Waals surface area contributed by atoms with Gasteiger partial charge in [-0.1, -0.05) is 42.0 Å². The Labute approximate surface area is 187 Å². The highest BCUT2D eigenvalue weighted by Gasteiger charge is 2.31. The molecule has 2 aromatic carbocycles. The second-order valence-electron chi connectivity index (χ2n) is 8.71. The van der Waals surface area contributed by atoms with E-state index in [-0.39, 0.29) is 5.56 Å². The van der Waals surface area contributed by atoms with E-state index in [9.17, 15) is 4.79 Å². The molecule has 0 unspecified atom stereocenters. The number of rotatable bonds is 3. The standard InChI is InChI=1S/C26H25N5O/c1-17-8-7-10-19(14-17)24-23(25-27-15-26(3,4)16-30(25)29-24)20-12-13-22(32)31(28-20)21-11-6-5-9-18(21)2/h5-14,27H,3-4,15-16H2,1-2H3. The first-order valence-electron chi connectivity index (χ1n) is 10.6. The van der Waals surface area contributed by atoms with Gasteiger partial charge >= 0.3 is 0 Å². The van der Waals surface area contributed by atoms with Crippen LogP contribution >= 0.6 is 0 Å². The van der Waals surface area contributed by atoms with Crippen LogP contribution in [0.2, 0.25) is 0 Å². The summed E-state index contributed by atoms with van der Waals surface area (Å²) in [5.41, 5.74) is 5.67. The van der Waals surface area contributed by atoms with Crippen LogP contribution in [0, 0.1) is 33.1 Å². The van der Waals surface area contributed by atoms with Crippen LogP contribution in [0.15, 0.2) is 65.5 Å². The first-order valence-corrected chi connectivity index (χ1v) is 10.6. The second-order valence-corrected chi connectivity index (χ2v) is 8.71. The smallest absolute Gasteiger partial charge is 0.271 e. The van der Waals surface area contributed by atoms with Crippen molar-refractivity contribution < 1.29 is 0 Å². The molecule has 1 aliphatic rings. The average molecular weight is 424 g/mol. The third kappa shape index (κ3) is 3.51. The summed E-state index contributed by atoms with van der Waals surface area (Å²) >= 11 is 0. The van der Waals surface area contributed by atoms with Gasteiger partial charge in [0.15, 0.2) is 0 Å². The molecule has 0 spiro atoms. The van der Waals surface area contributed by atoms with Gasteiger partial charge in [0.2, 0.25) is 0 Å². The highest BCUT2D eigenvalue weighted by molar-refractivity contribution is 5.87. The number of hydrogen-bond acceptors (Lipinski definition) is 4. The van der Waals surface area contributed by atoms with E-state index in [1.165, 1.54) is 4.68 Å². The number of nitrogens with one attached hydrogen (secondary N) is 1. The molecule has 4 aromatic rings. The Bertz CT molecular complexity index is 1380. The summed E-state index contributed by atoms with van der Waals surface area (Å²) in [5.74, 6) is 0.868. The fourth-order valence-electron chi connectivity index (χ4n) is 4.16. The third-order valence-electron chi connectivity index (χ3n) is 5.76. The molecule has 2 radical (unpaired) electrons. The Morgan fingerprint density at radius 2 is 1.81 bits per heavy atom. The summed E-state index contributed by atoms with van der Waals surface area (Å²) in [6, 6.07) is 19.3. The minimum atomic E-state index is -0.409. The van der Waals surface area contributed by atoms with Crippen molar-refractivity contribution in [3.63, 3.8) is 0 Å². The molecular weight excluding hydrogens is 398 g/mol. The zero-order valence-corrected chi connectivity index (χ0v) is 18.3. The number of benzene rings is 2. The number of anilines is 1. The van der Waals surface area contributed by atoms with Crippen LogP contribution in [-0.2, 0) is 6.54 Å². The van der Waals surface area contributed by atoms with Gasteiger partial charge in [-0.2, -0.15) is 14.9 Å². The van der Waals surface area contributed by atoms with E-state index < -0.39 is 5.41 Å². The van der Waals surface area contributed by atoms with Crippen molar-refractivity contribution in [1.29, 1.82) is 0 Å². The number of aryl methyl sites for hydroxylation is 2. The Hall–Kier alpha value is -3.67. The lowest BCUT2D eigenvalue weighted by Crippen LogP contribution is -2.35. The van der Waals surface area contributed by atoms with Gasteiger partial charge in [0.05, 0.1) is 23.5 Å². The zero-order valence-electron chi connectivity index (χ0n) is 18.3. The minimum absolute atomic E-state index is 0.177. The van der Waals surface area contributed by atoms with Crippen molar-refractivity contribution in [2.24, 2.45) is 5.41 Å².